The molecule has 0 aliphatic rings. The van der Waals surface area contributed by atoms with Gasteiger partial charge in [0.25, 0.3) is 11.7 Å². The Hall–Kier alpha value is -3.04. The zero-order valence-corrected chi connectivity index (χ0v) is 12.6. The van der Waals surface area contributed by atoms with Crippen LogP contribution in [-0.2, 0) is 7.05 Å². The minimum atomic E-state index is -4.83. The fourth-order valence-electron chi connectivity index (χ4n) is 1.92. The molecule has 2 aromatic heterocycles. The Morgan fingerprint density at radius 1 is 1.50 bits per heavy atom. The van der Waals surface area contributed by atoms with Crippen molar-refractivity contribution >= 4 is 11.5 Å². The smallest absolute Gasteiger partial charge is 0.404 e. The van der Waals surface area contributed by atoms with Crippen LogP contribution in [0.15, 0.2) is 36.9 Å². The van der Waals surface area contributed by atoms with E-state index in [2.05, 4.69) is 20.0 Å². The SMILES string of the molecule is C[n+]1cc[nH]c1/C(=C\N)CNC(=O)c1ccc(OC(F)(F)F)nc1. The zero-order chi connectivity index (χ0) is 17.7. The molecule has 0 aliphatic heterocycles. The third-order valence-corrected chi connectivity index (χ3v) is 3.03. The molecular weight excluding hydrogens is 327 g/mol. The van der Waals surface area contributed by atoms with E-state index in [1.165, 1.54) is 12.3 Å². The standard InChI is InChI=1S/C14H14F3N5O2/c1-22-5-4-19-12(22)10(6-18)8-21-13(23)9-2-3-11(20-7-9)24-14(15,16)17/h2-7H,8H2,1H3,(H3,18,19,21,23)/p+1. The van der Waals surface area contributed by atoms with Gasteiger partial charge in [0.2, 0.25) is 5.88 Å². The van der Waals surface area contributed by atoms with Crippen molar-refractivity contribution in [2.24, 2.45) is 12.8 Å². The van der Waals surface area contributed by atoms with Crippen LogP contribution in [0.4, 0.5) is 13.2 Å². The van der Waals surface area contributed by atoms with E-state index in [0.29, 0.717) is 11.4 Å². The Bertz CT molecular complexity index is 738. The molecule has 2 rings (SSSR count). The second-order valence-electron chi connectivity index (χ2n) is 4.73. The van der Waals surface area contributed by atoms with Gasteiger partial charge in [0.15, 0.2) is 0 Å². The molecule has 0 aliphatic carbocycles. The Balaban J connectivity index is 1.98. The summed E-state index contributed by atoms with van der Waals surface area (Å²) in [5.41, 5.74) is 6.29. The first-order valence-electron chi connectivity index (χ1n) is 6.74. The summed E-state index contributed by atoms with van der Waals surface area (Å²) in [6, 6.07) is 2.15. The molecule has 24 heavy (non-hydrogen) atoms. The first-order chi connectivity index (χ1) is 11.3. The van der Waals surface area contributed by atoms with Crippen LogP contribution in [0.2, 0.25) is 0 Å². The lowest BCUT2D eigenvalue weighted by molar-refractivity contribution is -0.672. The van der Waals surface area contributed by atoms with E-state index in [9.17, 15) is 18.0 Å². The molecule has 1 amide bonds. The van der Waals surface area contributed by atoms with Crippen LogP contribution in [-0.4, -0.2) is 28.8 Å². The van der Waals surface area contributed by atoms with Crippen LogP contribution in [0.1, 0.15) is 16.2 Å². The predicted molar refractivity (Wildman–Crippen MR) is 77.4 cm³/mol. The lowest BCUT2D eigenvalue weighted by atomic mass is 10.2. The molecule has 10 heteroatoms. The number of carbonyl (C=O) groups is 1. The topological polar surface area (TPSA) is 96.9 Å². The quantitative estimate of drug-likeness (QED) is 0.702. The van der Waals surface area contributed by atoms with Gasteiger partial charge in [0, 0.05) is 18.5 Å². The highest BCUT2D eigenvalue weighted by atomic mass is 19.4. The van der Waals surface area contributed by atoms with Gasteiger partial charge in [-0.3, -0.25) is 4.79 Å². The maximum absolute atomic E-state index is 12.1. The normalized spacial score (nSPS) is 12.1. The van der Waals surface area contributed by atoms with Gasteiger partial charge in [-0.05, 0) is 6.07 Å². The number of aromatic nitrogens is 3. The molecular formula is C14H15F3N5O2+. The summed E-state index contributed by atoms with van der Waals surface area (Å²) >= 11 is 0. The Morgan fingerprint density at radius 2 is 2.25 bits per heavy atom. The van der Waals surface area contributed by atoms with Crippen LogP contribution in [0.5, 0.6) is 5.88 Å². The number of carbonyl (C=O) groups excluding carboxylic acids is 1. The highest BCUT2D eigenvalue weighted by molar-refractivity contribution is 5.94. The average molecular weight is 342 g/mol. The highest BCUT2D eigenvalue weighted by Crippen LogP contribution is 2.20. The van der Waals surface area contributed by atoms with Crippen molar-refractivity contribution in [2.45, 2.75) is 6.36 Å². The molecule has 0 aromatic carbocycles. The molecule has 0 fully saturated rings. The number of hydrogen-bond acceptors (Lipinski definition) is 4. The second kappa shape index (κ2) is 7.02. The molecule has 0 bridgehead atoms. The van der Waals surface area contributed by atoms with Gasteiger partial charge in [-0.2, -0.15) is 0 Å². The van der Waals surface area contributed by atoms with Gasteiger partial charge in [-0.15, -0.1) is 13.2 Å². The number of nitrogens with zero attached hydrogens (tertiary/aromatic N) is 2. The summed E-state index contributed by atoms with van der Waals surface area (Å²) < 4.78 is 41.6. The summed E-state index contributed by atoms with van der Waals surface area (Å²) in [6.07, 6.45) is 1.01. The minimum Gasteiger partial charge on any atom is -0.404 e. The zero-order valence-electron chi connectivity index (χ0n) is 12.6. The number of H-pyrrole nitrogens is 1. The number of nitrogens with two attached hydrogens (primary N) is 1. The summed E-state index contributed by atoms with van der Waals surface area (Å²) in [5, 5.41) is 2.61. The van der Waals surface area contributed by atoms with E-state index < -0.39 is 18.1 Å². The first-order valence-corrected chi connectivity index (χ1v) is 6.74. The van der Waals surface area contributed by atoms with Crippen molar-refractivity contribution in [1.82, 2.24) is 15.3 Å². The van der Waals surface area contributed by atoms with E-state index in [0.717, 1.165) is 12.3 Å². The molecule has 0 radical (unpaired) electrons. The van der Waals surface area contributed by atoms with Crippen molar-refractivity contribution in [2.75, 3.05) is 6.54 Å². The first kappa shape index (κ1) is 17.3. The third-order valence-electron chi connectivity index (χ3n) is 3.03. The van der Waals surface area contributed by atoms with Crippen LogP contribution in [0.3, 0.4) is 0 Å². The van der Waals surface area contributed by atoms with Gasteiger partial charge in [-0.1, -0.05) is 0 Å². The van der Waals surface area contributed by atoms with Gasteiger partial charge in [-0.25, -0.2) is 14.5 Å². The Labute approximate surface area is 135 Å². The van der Waals surface area contributed by atoms with Crippen molar-refractivity contribution in [3.63, 3.8) is 0 Å². The molecule has 2 heterocycles. The maximum Gasteiger partial charge on any atom is 0.574 e. The van der Waals surface area contributed by atoms with Gasteiger partial charge < -0.3 is 15.8 Å². The van der Waals surface area contributed by atoms with E-state index >= 15 is 0 Å². The number of rotatable bonds is 5. The molecule has 0 saturated carbocycles. The average Bonchev–Trinajstić information content (AvgIpc) is 2.93. The fourth-order valence-corrected chi connectivity index (χ4v) is 1.92. The van der Waals surface area contributed by atoms with Crippen LogP contribution in [0, 0.1) is 0 Å². The molecule has 0 unspecified atom stereocenters. The fraction of sp³-hybridized carbons (Fsp3) is 0.214. The van der Waals surface area contributed by atoms with E-state index in [-0.39, 0.29) is 12.1 Å². The summed E-state index contributed by atoms with van der Waals surface area (Å²) in [7, 11) is 1.81. The largest absolute Gasteiger partial charge is 0.574 e. The van der Waals surface area contributed by atoms with Gasteiger partial charge in [0.05, 0.1) is 24.7 Å². The number of halogens is 3. The molecule has 2 aromatic rings. The van der Waals surface area contributed by atoms with Crippen LogP contribution < -0.4 is 20.4 Å². The lowest BCUT2D eigenvalue weighted by Gasteiger charge is -2.09. The van der Waals surface area contributed by atoms with E-state index in [4.69, 9.17) is 5.73 Å². The number of hydrogen-bond donors (Lipinski definition) is 3. The monoisotopic (exact) mass is 342 g/mol. The van der Waals surface area contributed by atoms with Crippen LogP contribution in [0.25, 0.3) is 5.57 Å². The molecule has 0 saturated heterocycles. The van der Waals surface area contributed by atoms with Crippen molar-refractivity contribution in [3.05, 3.63) is 48.3 Å². The van der Waals surface area contributed by atoms with Crippen LogP contribution >= 0.6 is 0 Å². The Morgan fingerprint density at radius 3 is 2.75 bits per heavy atom. The van der Waals surface area contributed by atoms with E-state index in [1.807, 2.05) is 0 Å². The van der Waals surface area contributed by atoms with Gasteiger partial charge in [0.1, 0.15) is 12.4 Å². The number of amides is 1. The number of alkyl halides is 3. The van der Waals surface area contributed by atoms with Gasteiger partial charge >= 0.3 is 6.36 Å². The van der Waals surface area contributed by atoms with E-state index in [1.54, 1.807) is 24.0 Å². The number of imidazole rings is 1. The number of nitrogens with one attached hydrogen (secondary N) is 2. The molecule has 128 valence electrons. The third kappa shape index (κ3) is 4.48. The summed E-state index contributed by atoms with van der Waals surface area (Å²) in [6.45, 7) is 0.129. The second-order valence-corrected chi connectivity index (χ2v) is 4.73. The summed E-state index contributed by atoms with van der Waals surface area (Å²) in [4.78, 5) is 18.4. The number of aryl methyl sites for hydroxylation is 1. The number of ether oxygens (including phenoxy) is 1. The van der Waals surface area contributed by atoms with Crippen molar-refractivity contribution < 1.29 is 27.3 Å². The highest BCUT2D eigenvalue weighted by Gasteiger charge is 2.31. The minimum absolute atomic E-state index is 0.0942. The molecule has 0 spiro atoms. The Kier molecular flexibility index (Phi) is 5.07. The summed E-state index contributed by atoms with van der Waals surface area (Å²) in [5.74, 6) is -0.431. The number of pyridine rings is 1. The molecule has 7 nitrogen and oxygen atoms in total. The van der Waals surface area contributed by atoms with Crippen molar-refractivity contribution in [3.8, 4) is 5.88 Å². The predicted octanol–water partition coefficient (Wildman–Crippen LogP) is 0.862. The lowest BCUT2D eigenvalue weighted by Crippen LogP contribution is -2.33. The maximum atomic E-state index is 12.1. The number of aromatic amines is 1. The molecule has 0 atom stereocenters. The molecule has 4 N–H and O–H groups in total. The van der Waals surface area contributed by atoms with Crippen molar-refractivity contribution in [1.29, 1.82) is 0 Å².